The number of hydrogen-bond acceptors (Lipinski definition) is 3. The highest BCUT2D eigenvalue weighted by Crippen LogP contribution is 2.20. The summed E-state index contributed by atoms with van der Waals surface area (Å²) in [6.07, 6.45) is 5.47. The molecule has 2 fully saturated rings. The molecule has 1 N–H and O–H groups in total. The summed E-state index contributed by atoms with van der Waals surface area (Å²) >= 11 is 0. The van der Waals surface area contributed by atoms with Crippen molar-refractivity contribution in [1.29, 1.82) is 0 Å². The van der Waals surface area contributed by atoms with Gasteiger partial charge in [-0.15, -0.1) is 0 Å². The van der Waals surface area contributed by atoms with E-state index in [1.165, 1.54) is 6.42 Å². The van der Waals surface area contributed by atoms with Crippen LogP contribution in [0.1, 0.15) is 32.1 Å². The highest BCUT2D eigenvalue weighted by Gasteiger charge is 2.26. The van der Waals surface area contributed by atoms with Crippen LogP contribution in [-0.4, -0.2) is 62.0 Å². The molecular formula is C14H27N3O. The highest BCUT2D eigenvalue weighted by atomic mass is 16.2. The van der Waals surface area contributed by atoms with E-state index in [2.05, 4.69) is 29.2 Å². The molecule has 0 bridgehead atoms. The van der Waals surface area contributed by atoms with Crippen molar-refractivity contribution in [1.82, 2.24) is 15.1 Å². The zero-order valence-corrected chi connectivity index (χ0v) is 11.8. The lowest BCUT2D eigenvalue weighted by atomic mass is 9.93. The Labute approximate surface area is 111 Å². The van der Waals surface area contributed by atoms with Crippen LogP contribution in [0.4, 0.5) is 0 Å². The Morgan fingerprint density at radius 1 is 1.28 bits per heavy atom. The molecule has 0 aromatic heterocycles. The Balaban J connectivity index is 1.80. The third kappa shape index (κ3) is 3.69. The minimum absolute atomic E-state index is 0.383. The molecule has 0 aromatic rings. The fourth-order valence-corrected chi connectivity index (χ4v) is 3.06. The molecule has 2 aliphatic heterocycles. The Bertz CT molecular complexity index is 274. The summed E-state index contributed by atoms with van der Waals surface area (Å²) in [4.78, 5) is 16.7. The number of amides is 1. The number of rotatable bonds is 3. The SMILES string of the molecule is CN(C)C1CCCN(C(=O)CC2CCNCC2)C1. The van der Waals surface area contributed by atoms with Gasteiger partial charge in [-0.2, -0.15) is 0 Å². The van der Waals surface area contributed by atoms with E-state index in [1.807, 2.05) is 0 Å². The zero-order valence-electron chi connectivity index (χ0n) is 11.8. The second kappa shape index (κ2) is 6.53. The maximum atomic E-state index is 12.3. The smallest absolute Gasteiger partial charge is 0.222 e. The molecule has 0 spiro atoms. The van der Waals surface area contributed by atoms with Crippen molar-refractivity contribution in [2.75, 3.05) is 40.3 Å². The lowest BCUT2D eigenvalue weighted by Gasteiger charge is -2.37. The summed E-state index contributed by atoms with van der Waals surface area (Å²) in [5.41, 5.74) is 0. The van der Waals surface area contributed by atoms with E-state index in [9.17, 15) is 4.79 Å². The molecule has 4 heteroatoms. The molecule has 0 aromatic carbocycles. The van der Waals surface area contributed by atoms with Gasteiger partial charge in [0.25, 0.3) is 0 Å². The predicted molar refractivity (Wildman–Crippen MR) is 73.5 cm³/mol. The molecule has 4 nitrogen and oxygen atoms in total. The molecular weight excluding hydrogens is 226 g/mol. The lowest BCUT2D eigenvalue weighted by molar-refractivity contribution is -0.134. The van der Waals surface area contributed by atoms with Gasteiger partial charge in [-0.1, -0.05) is 0 Å². The average Bonchev–Trinajstić information content (AvgIpc) is 2.40. The number of nitrogens with zero attached hydrogens (tertiary/aromatic N) is 2. The van der Waals surface area contributed by atoms with Crippen LogP contribution in [0.25, 0.3) is 0 Å². The van der Waals surface area contributed by atoms with Crippen LogP contribution in [0.3, 0.4) is 0 Å². The number of likely N-dealkylation sites (N-methyl/N-ethyl adjacent to an activating group) is 1. The van der Waals surface area contributed by atoms with E-state index < -0.39 is 0 Å². The van der Waals surface area contributed by atoms with E-state index in [-0.39, 0.29) is 0 Å². The van der Waals surface area contributed by atoms with E-state index in [1.54, 1.807) is 0 Å². The maximum Gasteiger partial charge on any atom is 0.222 e. The van der Waals surface area contributed by atoms with Crippen LogP contribution >= 0.6 is 0 Å². The van der Waals surface area contributed by atoms with Gasteiger partial charge in [0.2, 0.25) is 5.91 Å². The summed E-state index contributed by atoms with van der Waals surface area (Å²) in [7, 11) is 4.23. The number of carbonyl (C=O) groups is 1. The molecule has 18 heavy (non-hydrogen) atoms. The van der Waals surface area contributed by atoms with E-state index in [0.29, 0.717) is 17.9 Å². The summed E-state index contributed by atoms with van der Waals surface area (Å²) in [5.74, 6) is 0.993. The van der Waals surface area contributed by atoms with E-state index >= 15 is 0 Å². The Kier molecular flexibility index (Phi) is 5.01. The normalized spacial score (nSPS) is 26.6. The largest absolute Gasteiger partial charge is 0.341 e. The third-order valence-corrected chi connectivity index (χ3v) is 4.40. The van der Waals surface area contributed by atoms with Gasteiger partial charge >= 0.3 is 0 Å². The molecule has 0 saturated carbocycles. The Hall–Kier alpha value is -0.610. The van der Waals surface area contributed by atoms with E-state index in [0.717, 1.165) is 51.9 Å². The van der Waals surface area contributed by atoms with Crippen LogP contribution in [0.15, 0.2) is 0 Å². The lowest BCUT2D eigenvalue weighted by Crippen LogP contribution is -2.48. The Morgan fingerprint density at radius 3 is 2.67 bits per heavy atom. The molecule has 1 amide bonds. The van der Waals surface area contributed by atoms with Gasteiger partial charge in [0.15, 0.2) is 0 Å². The van der Waals surface area contributed by atoms with Crippen molar-refractivity contribution < 1.29 is 4.79 Å². The monoisotopic (exact) mass is 253 g/mol. The van der Waals surface area contributed by atoms with E-state index in [4.69, 9.17) is 0 Å². The van der Waals surface area contributed by atoms with Gasteiger partial charge in [0.1, 0.15) is 0 Å². The van der Waals surface area contributed by atoms with Crippen LogP contribution < -0.4 is 5.32 Å². The quantitative estimate of drug-likeness (QED) is 0.813. The summed E-state index contributed by atoms with van der Waals surface area (Å²) in [6.45, 7) is 4.06. The van der Waals surface area contributed by atoms with Crippen LogP contribution in [-0.2, 0) is 4.79 Å². The zero-order chi connectivity index (χ0) is 13.0. The molecule has 1 atom stereocenters. The standard InChI is InChI=1S/C14H27N3O/c1-16(2)13-4-3-9-17(11-13)14(18)10-12-5-7-15-8-6-12/h12-13,15H,3-11H2,1-2H3. The maximum absolute atomic E-state index is 12.3. The van der Waals surface area contributed by atoms with Crippen molar-refractivity contribution in [3.63, 3.8) is 0 Å². The molecule has 0 aliphatic carbocycles. The molecule has 0 radical (unpaired) electrons. The first-order valence-electron chi connectivity index (χ1n) is 7.31. The summed E-state index contributed by atoms with van der Waals surface area (Å²) in [6, 6.07) is 0.552. The second-order valence-corrected chi connectivity index (χ2v) is 6.00. The number of likely N-dealkylation sites (tertiary alicyclic amines) is 1. The molecule has 104 valence electrons. The first kappa shape index (κ1) is 13.8. The topological polar surface area (TPSA) is 35.6 Å². The first-order valence-corrected chi connectivity index (χ1v) is 7.31. The predicted octanol–water partition coefficient (Wildman–Crippen LogP) is 0.929. The first-order chi connectivity index (χ1) is 8.66. The Morgan fingerprint density at radius 2 is 2.00 bits per heavy atom. The molecule has 2 heterocycles. The van der Waals surface area contributed by atoms with Gasteiger partial charge < -0.3 is 15.1 Å². The minimum Gasteiger partial charge on any atom is -0.341 e. The van der Waals surface area contributed by atoms with Crippen LogP contribution in [0.5, 0.6) is 0 Å². The van der Waals surface area contributed by atoms with Gasteiger partial charge in [0, 0.05) is 25.6 Å². The molecule has 2 saturated heterocycles. The third-order valence-electron chi connectivity index (χ3n) is 4.40. The molecule has 1 unspecified atom stereocenters. The summed E-state index contributed by atoms with van der Waals surface area (Å²) < 4.78 is 0. The van der Waals surface area contributed by atoms with Crippen molar-refractivity contribution >= 4 is 5.91 Å². The fourth-order valence-electron chi connectivity index (χ4n) is 3.06. The molecule has 2 rings (SSSR count). The van der Waals surface area contributed by atoms with Crippen molar-refractivity contribution in [2.24, 2.45) is 5.92 Å². The minimum atomic E-state index is 0.383. The number of carbonyl (C=O) groups excluding carboxylic acids is 1. The number of piperidine rings is 2. The van der Waals surface area contributed by atoms with Gasteiger partial charge in [-0.3, -0.25) is 4.79 Å². The van der Waals surface area contributed by atoms with Gasteiger partial charge in [-0.25, -0.2) is 0 Å². The van der Waals surface area contributed by atoms with Crippen LogP contribution in [0.2, 0.25) is 0 Å². The summed E-state index contributed by atoms with van der Waals surface area (Å²) in [5, 5.41) is 3.36. The number of nitrogens with one attached hydrogen (secondary N) is 1. The van der Waals surface area contributed by atoms with Crippen molar-refractivity contribution in [2.45, 2.75) is 38.1 Å². The van der Waals surface area contributed by atoms with Crippen molar-refractivity contribution in [3.05, 3.63) is 0 Å². The molecule has 2 aliphatic rings. The highest BCUT2D eigenvalue weighted by molar-refractivity contribution is 5.76. The fraction of sp³-hybridized carbons (Fsp3) is 0.929. The van der Waals surface area contributed by atoms with Gasteiger partial charge in [0.05, 0.1) is 0 Å². The number of hydrogen-bond donors (Lipinski definition) is 1. The van der Waals surface area contributed by atoms with Crippen LogP contribution in [0, 0.1) is 5.92 Å². The second-order valence-electron chi connectivity index (χ2n) is 6.00. The van der Waals surface area contributed by atoms with Gasteiger partial charge in [-0.05, 0) is 58.8 Å². The average molecular weight is 253 g/mol. The van der Waals surface area contributed by atoms with Crippen molar-refractivity contribution in [3.8, 4) is 0 Å².